The molecule has 0 atom stereocenters. The van der Waals surface area contributed by atoms with Gasteiger partial charge in [-0.1, -0.05) is 72.8 Å². The first-order valence-electron chi connectivity index (χ1n) is 9.32. The lowest BCUT2D eigenvalue weighted by atomic mass is 10.2. The van der Waals surface area contributed by atoms with E-state index in [0.717, 1.165) is 16.7 Å². The molecule has 3 aromatic rings. The van der Waals surface area contributed by atoms with Crippen LogP contribution in [0.5, 0.6) is 5.75 Å². The predicted octanol–water partition coefficient (Wildman–Crippen LogP) is 5.06. The van der Waals surface area contributed by atoms with Crippen LogP contribution >= 0.6 is 11.8 Å². The van der Waals surface area contributed by atoms with Gasteiger partial charge in [0.1, 0.15) is 5.75 Å². The van der Waals surface area contributed by atoms with Crippen molar-refractivity contribution in [3.8, 4) is 5.75 Å². The number of aromatic hydroxyl groups is 1. The van der Waals surface area contributed by atoms with E-state index in [1.165, 1.54) is 11.8 Å². The smallest absolute Gasteiger partial charge is 0.267 e. The molecule has 144 valence electrons. The van der Waals surface area contributed by atoms with Crippen molar-refractivity contribution in [1.29, 1.82) is 0 Å². The summed E-state index contributed by atoms with van der Waals surface area (Å²) in [6, 6.07) is 26.8. The molecule has 29 heavy (non-hydrogen) atoms. The molecule has 1 aliphatic heterocycles. The number of nitrogens with zero attached hydrogens (tertiary/aromatic N) is 2. The Morgan fingerprint density at radius 2 is 1.59 bits per heavy atom. The zero-order chi connectivity index (χ0) is 20.1. The van der Waals surface area contributed by atoms with Crippen molar-refractivity contribution in [2.24, 2.45) is 4.99 Å². The van der Waals surface area contributed by atoms with E-state index in [1.807, 2.05) is 66.7 Å². The molecule has 1 heterocycles. The second-order valence-electron chi connectivity index (χ2n) is 6.67. The standard InChI is InChI=1S/C24H20N2O2S/c27-21-13-7-12-20(14-21)15-22-23(28)26(17-19-10-5-2-6-11-19)24(29-22)25-16-18-8-3-1-4-9-18/h1-15,27H,16-17H2/b22-15-,25-24?. The van der Waals surface area contributed by atoms with Gasteiger partial charge in [0.05, 0.1) is 18.0 Å². The van der Waals surface area contributed by atoms with E-state index in [0.29, 0.717) is 23.2 Å². The quantitative estimate of drug-likeness (QED) is 0.609. The number of phenols is 1. The van der Waals surface area contributed by atoms with Crippen LogP contribution in [0.1, 0.15) is 16.7 Å². The molecule has 5 heteroatoms. The third-order valence-corrected chi connectivity index (χ3v) is 5.52. The van der Waals surface area contributed by atoms with Crippen molar-refractivity contribution in [2.75, 3.05) is 0 Å². The van der Waals surface area contributed by atoms with Gasteiger partial charge >= 0.3 is 0 Å². The maximum Gasteiger partial charge on any atom is 0.267 e. The molecule has 4 nitrogen and oxygen atoms in total. The van der Waals surface area contributed by atoms with Crippen molar-refractivity contribution >= 4 is 28.9 Å². The first-order valence-corrected chi connectivity index (χ1v) is 10.1. The molecule has 4 rings (SSSR count). The third kappa shape index (κ3) is 4.76. The van der Waals surface area contributed by atoms with Gasteiger partial charge in [-0.15, -0.1) is 0 Å². The number of hydrogen-bond donors (Lipinski definition) is 1. The number of thioether (sulfide) groups is 1. The Bertz CT molecular complexity index is 1060. The summed E-state index contributed by atoms with van der Waals surface area (Å²) in [6.45, 7) is 0.985. The van der Waals surface area contributed by atoms with E-state index in [9.17, 15) is 9.90 Å². The molecule has 3 aromatic carbocycles. The maximum atomic E-state index is 13.1. The molecule has 0 aromatic heterocycles. The van der Waals surface area contributed by atoms with Gasteiger partial charge in [-0.05, 0) is 46.7 Å². The van der Waals surface area contributed by atoms with E-state index in [2.05, 4.69) is 0 Å². The lowest BCUT2D eigenvalue weighted by Gasteiger charge is -2.15. The highest BCUT2D eigenvalue weighted by Crippen LogP contribution is 2.34. The summed E-state index contributed by atoms with van der Waals surface area (Å²) in [6.07, 6.45) is 1.80. The van der Waals surface area contributed by atoms with Crippen LogP contribution in [0.3, 0.4) is 0 Å². The highest BCUT2D eigenvalue weighted by molar-refractivity contribution is 8.18. The maximum absolute atomic E-state index is 13.1. The second-order valence-corrected chi connectivity index (χ2v) is 7.68. The minimum atomic E-state index is -0.0750. The lowest BCUT2D eigenvalue weighted by molar-refractivity contribution is -0.122. The molecule has 1 fully saturated rings. The van der Waals surface area contributed by atoms with Gasteiger partial charge in [-0.25, -0.2) is 0 Å². The Morgan fingerprint density at radius 1 is 0.897 bits per heavy atom. The van der Waals surface area contributed by atoms with E-state index in [-0.39, 0.29) is 11.7 Å². The summed E-state index contributed by atoms with van der Waals surface area (Å²) in [5.74, 6) is 0.0999. The van der Waals surface area contributed by atoms with Crippen molar-refractivity contribution < 1.29 is 9.90 Å². The number of aliphatic imine (C=N–C) groups is 1. The fraction of sp³-hybridized carbons (Fsp3) is 0.0833. The first-order chi connectivity index (χ1) is 14.2. The van der Waals surface area contributed by atoms with Gasteiger partial charge in [0.25, 0.3) is 5.91 Å². The molecular formula is C24H20N2O2S. The van der Waals surface area contributed by atoms with Gasteiger partial charge in [0.2, 0.25) is 0 Å². The SMILES string of the molecule is O=C1/C(=C/c2cccc(O)c2)SC(=NCc2ccccc2)N1Cc1ccccc1. The van der Waals surface area contributed by atoms with Crippen molar-refractivity contribution in [1.82, 2.24) is 4.90 Å². The van der Waals surface area contributed by atoms with Crippen LogP contribution in [-0.2, 0) is 17.9 Å². The molecule has 0 bridgehead atoms. The number of carbonyl (C=O) groups excluding carboxylic acids is 1. The summed E-state index contributed by atoms with van der Waals surface area (Å²) in [4.78, 5) is 20.2. The van der Waals surface area contributed by atoms with Crippen LogP contribution in [0.2, 0.25) is 0 Å². The van der Waals surface area contributed by atoms with Crippen molar-refractivity contribution in [3.63, 3.8) is 0 Å². The number of hydrogen-bond acceptors (Lipinski definition) is 4. The van der Waals surface area contributed by atoms with Crippen LogP contribution in [0.15, 0.2) is 94.8 Å². The molecule has 0 aliphatic carbocycles. The lowest BCUT2D eigenvalue weighted by Crippen LogP contribution is -2.28. The van der Waals surface area contributed by atoms with Gasteiger partial charge in [-0.3, -0.25) is 14.7 Å². The first kappa shape index (κ1) is 19.0. The van der Waals surface area contributed by atoms with E-state index in [4.69, 9.17) is 4.99 Å². The van der Waals surface area contributed by atoms with E-state index in [1.54, 1.807) is 29.2 Å². The van der Waals surface area contributed by atoms with Gasteiger partial charge in [-0.2, -0.15) is 0 Å². The summed E-state index contributed by atoms with van der Waals surface area (Å²) >= 11 is 1.37. The Labute approximate surface area is 174 Å². The normalized spacial score (nSPS) is 16.7. The Hall–Kier alpha value is -3.31. The van der Waals surface area contributed by atoms with Crippen LogP contribution in [-0.4, -0.2) is 21.1 Å². The van der Waals surface area contributed by atoms with Crippen LogP contribution in [0.25, 0.3) is 6.08 Å². The highest BCUT2D eigenvalue weighted by atomic mass is 32.2. The number of carbonyl (C=O) groups is 1. The van der Waals surface area contributed by atoms with Crippen LogP contribution < -0.4 is 0 Å². The number of benzene rings is 3. The topological polar surface area (TPSA) is 52.9 Å². The Morgan fingerprint density at radius 3 is 2.28 bits per heavy atom. The zero-order valence-corrected chi connectivity index (χ0v) is 16.5. The minimum absolute atomic E-state index is 0.0750. The van der Waals surface area contributed by atoms with Crippen molar-refractivity contribution in [2.45, 2.75) is 13.1 Å². The summed E-state index contributed by atoms with van der Waals surface area (Å²) in [5.41, 5.74) is 2.93. The van der Waals surface area contributed by atoms with Crippen LogP contribution in [0.4, 0.5) is 0 Å². The zero-order valence-electron chi connectivity index (χ0n) is 15.7. The fourth-order valence-corrected chi connectivity index (χ4v) is 4.02. The Kier molecular flexibility index (Phi) is 5.77. The molecule has 0 radical (unpaired) electrons. The number of rotatable bonds is 5. The molecule has 1 N–H and O–H groups in total. The summed E-state index contributed by atoms with van der Waals surface area (Å²) in [5, 5.41) is 10.4. The van der Waals surface area contributed by atoms with Gasteiger partial charge in [0, 0.05) is 0 Å². The van der Waals surface area contributed by atoms with Crippen molar-refractivity contribution in [3.05, 3.63) is 107 Å². The van der Waals surface area contributed by atoms with Gasteiger partial charge in [0.15, 0.2) is 5.17 Å². The summed E-state index contributed by atoms with van der Waals surface area (Å²) < 4.78 is 0. The minimum Gasteiger partial charge on any atom is -0.508 e. The number of amidine groups is 1. The van der Waals surface area contributed by atoms with E-state index >= 15 is 0 Å². The Balaban J connectivity index is 1.63. The largest absolute Gasteiger partial charge is 0.508 e. The van der Waals surface area contributed by atoms with Crippen LogP contribution in [0, 0.1) is 0 Å². The summed E-state index contributed by atoms with van der Waals surface area (Å²) in [7, 11) is 0. The fourth-order valence-electron chi connectivity index (χ4n) is 3.04. The highest BCUT2D eigenvalue weighted by Gasteiger charge is 2.33. The number of amides is 1. The third-order valence-electron chi connectivity index (χ3n) is 4.48. The molecule has 1 amide bonds. The predicted molar refractivity (Wildman–Crippen MR) is 118 cm³/mol. The van der Waals surface area contributed by atoms with Gasteiger partial charge < -0.3 is 5.11 Å². The molecule has 0 spiro atoms. The average molecular weight is 401 g/mol. The molecule has 1 saturated heterocycles. The second kappa shape index (κ2) is 8.80. The molecular weight excluding hydrogens is 380 g/mol. The molecule has 0 unspecified atom stereocenters. The molecule has 1 aliphatic rings. The monoisotopic (exact) mass is 400 g/mol. The number of phenolic OH excluding ortho intramolecular Hbond substituents is 1. The van der Waals surface area contributed by atoms with E-state index < -0.39 is 0 Å². The molecule has 0 saturated carbocycles. The average Bonchev–Trinajstić information content (AvgIpc) is 3.03.